The number of pyridine rings is 1. The van der Waals surface area contributed by atoms with Crippen LogP contribution in [-0.2, 0) is 23.1 Å². The molecule has 6 heteroatoms. The van der Waals surface area contributed by atoms with Crippen LogP contribution in [0.5, 0.6) is 5.75 Å². The normalized spacial score (nSPS) is 11.3. The Morgan fingerprint density at radius 3 is 2.46 bits per heavy atom. The third-order valence-corrected chi connectivity index (χ3v) is 5.44. The lowest BCUT2D eigenvalue weighted by atomic mass is 9.93. The molecule has 0 bridgehead atoms. The van der Waals surface area contributed by atoms with E-state index in [1.54, 1.807) is 6.20 Å². The van der Waals surface area contributed by atoms with Crippen LogP contribution in [0.2, 0.25) is 0 Å². The van der Waals surface area contributed by atoms with Crippen LogP contribution in [0.1, 0.15) is 62.4 Å². The molecule has 0 aliphatic carbocycles. The number of Topliss-reactive ketones (excluding diaryl/α,β-unsaturated/α-hetero) is 1. The third-order valence-electron chi connectivity index (χ3n) is 5.44. The van der Waals surface area contributed by atoms with Crippen molar-refractivity contribution < 1.29 is 14.1 Å². The van der Waals surface area contributed by atoms with E-state index in [2.05, 4.69) is 40.9 Å². The predicted octanol–water partition coefficient (Wildman–Crippen LogP) is 4.84. The lowest BCUT2D eigenvalue weighted by Gasteiger charge is -2.15. The standard InChI is InChI=1S/C29H35N3O3/c1-6-15-32(5)16-17-34-27-13-9-22(10-14-27)7-11-24-12-8-23(21-30-24)18-26(33)19-25-20-28(35-31-25)29(2,3)4/h8-10,12-14,20-21H,6,15-19H2,1-5H3. The number of ketones is 1. The fourth-order valence-electron chi connectivity index (χ4n) is 3.43. The van der Waals surface area contributed by atoms with Crippen molar-refractivity contribution in [2.75, 3.05) is 26.7 Å². The van der Waals surface area contributed by atoms with Gasteiger partial charge in [-0.2, -0.15) is 0 Å². The molecule has 0 aliphatic rings. The van der Waals surface area contributed by atoms with E-state index in [1.807, 2.05) is 63.2 Å². The van der Waals surface area contributed by atoms with E-state index in [1.165, 1.54) is 0 Å². The number of hydrogen-bond acceptors (Lipinski definition) is 6. The first kappa shape index (κ1) is 26.2. The van der Waals surface area contributed by atoms with Crippen molar-refractivity contribution in [3.8, 4) is 17.6 Å². The second kappa shape index (κ2) is 12.3. The van der Waals surface area contributed by atoms with Gasteiger partial charge in [-0.15, -0.1) is 0 Å². The van der Waals surface area contributed by atoms with E-state index in [-0.39, 0.29) is 17.6 Å². The van der Waals surface area contributed by atoms with Crippen molar-refractivity contribution in [1.29, 1.82) is 0 Å². The number of nitrogens with zero attached hydrogens (tertiary/aromatic N) is 3. The van der Waals surface area contributed by atoms with Gasteiger partial charge in [0.05, 0.1) is 12.1 Å². The first-order chi connectivity index (χ1) is 16.7. The summed E-state index contributed by atoms with van der Waals surface area (Å²) in [4.78, 5) is 19.1. The highest BCUT2D eigenvalue weighted by Gasteiger charge is 2.20. The fourth-order valence-corrected chi connectivity index (χ4v) is 3.43. The van der Waals surface area contributed by atoms with Crippen molar-refractivity contribution in [2.24, 2.45) is 0 Å². The van der Waals surface area contributed by atoms with Gasteiger partial charge in [0.25, 0.3) is 0 Å². The van der Waals surface area contributed by atoms with E-state index < -0.39 is 0 Å². The van der Waals surface area contributed by atoms with Crippen molar-refractivity contribution in [3.63, 3.8) is 0 Å². The van der Waals surface area contributed by atoms with Gasteiger partial charge in [0.2, 0.25) is 0 Å². The average molecular weight is 474 g/mol. The number of carbonyl (C=O) groups is 1. The lowest BCUT2D eigenvalue weighted by molar-refractivity contribution is -0.117. The van der Waals surface area contributed by atoms with Gasteiger partial charge in [-0.1, -0.05) is 44.8 Å². The van der Waals surface area contributed by atoms with Gasteiger partial charge >= 0.3 is 0 Å². The third kappa shape index (κ3) is 8.70. The molecule has 0 radical (unpaired) electrons. The number of carbonyl (C=O) groups excluding carboxylic acids is 1. The first-order valence-corrected chi connectivity index (χ1v) is 12.1. The van der Waals surface area contributed by atoms with Gasteiger partial charge in [-0.05, 0) is 61.8 Å². The summed E-state index contributed by atoms with van der Waals surface area (Å²) in [5, 5.41) is 4.03. The molecular weight excluding hydrogens is 438 g/mol. The highest BCUT2D eigenvalue weighted by molar-refractivity contribution is 5.82. The van der Waals surface area contributed by atoms with Crippen LogP contribution in [0.4, 0.5) is 0 Å². The maximum Gasteiger partial charge on any atom is 0.143 e. The molecular formula is C29H35N3O3. The monoisotopic (exact) mass is 473 g/mol. The van der Waals surface area contributed by atoms with Crippen LogP contribution in [0.15, 0.2) is 53.2 Å². The van der Waals surface area contributed by atoms with Crippen LogP contribution in [0.25, 0.3) is 0 Å². The Labute approximate surface area is 208 Å². The summed E-state index contributed by atoms with van der Waals surface area (Å²) in [5.41, 5.74) is 2.94. The van der Waals surface area contributed by atoms with Gasteiger partial charge in [0.15, 0.2) is 0 Å². The predicted molar refractivity (Wildman–Crippen MR) is 138 cm³/mol. The molecule has 6 nitrogen and oxygen atoms in total. The van der Waals surface area contributed by atoms with E-state index in [4.69, 9.17) is 9.26 Å². The molecule has 2 heterocycles. The summed E-state index contributed by atoms with van der Waals surface area (Å²) < 4.78 is 11.2. The zero-order valence-electron chi connectivity index (χ0n) is 21.4. The largest absolute Gasteiger partial charge is 0.492 e. The molecule has 2 aromatic heterocycles. The van der Waals surface area contributed by atoms with Gasteiger partial charge < -0.3 is 14.2 Å². The topological polar surface area (TPSA) is 68.5 Å². The molecule has 0 saturated carbocycles. The molecule has 0 fully saturated rings. The Hall–Kier alpha value is -3.43. The van der Waals surface area contributed by atoms with Gasteiger partial charge in [-0.3, -0.25) is 4.79 Å². The molecule has 3 rings (SSSR count). The second-order valence-electron chi connectivity index (χ2n) is 9.80. The quantitative estimate of drug-likeness (QED) is 0.393. The van der Waals surface area contributed by atoms with Crippen LogP contribution in [0.3, 0.4) is 0 Å². The highest BCUT2D eigenvalue weighted by Crippen LogP contribution is 2.23. The summed E-state index contributed by atoms with van der Waals surface area (Å²) in [7, 11) is 2.10. The number of rotatable bonds is 10. The van der Waals surface area contributed by atoms with E-state index in [0.29, 0.717) is 24.4 Å². The van der Waals surface area contributed by atoms with E-state index in [0.717, 1.165) is 42.1 Å². The van der Waals surface area contributed by atoms with Crippen LogP contribution in [0, 0.1) is 11.8 Å². The SMILES string of the molecule is CCCN(C)CCOc1ccc(C#Cc2ccc(CC(=O)Cc3cc(C(C)(C)C)on3)cn2)cc1. The average Bonchev–Trinajstić information content (AvgIpc) is 3.29. The van der Waals surface area contributed by atoms with Crippen molar-refractivity contribution >= 4 is 5.78 Å². The van der Waals surface area contributed by atoms with E-state index in [9.17, 15) is 4.79 Å². The Balaban J connectivity index is 1.48. The smallest absolute Gasteiger partial charge is 0.143 e. The second-order valence-corrected chi connectivity index (χ2v) is 9.80. The fraction of sp³-hybridized carbons (Fsp3) is 0.414. The number of hydrogen-bond donors (Lipinski definition) is 0. The Morgan fingerprint density at radius 2 is 1.83 bits per heavy atom. The minimum atomic E-state index is -0.129. The number of likely N-dealkylation sites (N-methyl/N-ethyl adjacent to an activating group) is 1. The van der Waals surface area contributed by atoms with E-state index >= 15 is 0 Å². The molecule has 0 unspecified atom stereocenters. The first-order valence-electron chi connectivity index (χ1n) is 12.1. The number of ether oxygens (including phenoxy) is 1. The Kier molecular flexibility index (Phi) is 9.22. The number of benzene rings is 1. The summed E-state index contributed by atoms with van der Waals surface area (Å²) in [5.74, 6) is 7.89. The number of aromatic nitrogens is 2. The minimum Gasteiger partial charge on any atom is -0.492 e. The zero-order valence-corrected chi connectivity index (χ0v) is 21.4. The molecule has 184 valence electrons. The Bertz CT molecular complexity index is 1150. The minimum absolute atomic E-state index is 0.0683. The van der Waals surface area contributed by atoms with Gasteiger partial charge in [-0.25, -0.2) is 4.98 Å². The zero-order chi connectivity index (χ0) is 25.3. The molecule has 3 aromatic rings. The molecule has 1 aromatic carbocycles. The maximum absolute atomic E-state index is 12.4. The van der Waals surface area contributed by atoms with Crippen LogP contribution >= 0.6 is 0 Å². The Morgan fingerprint density at radius 1 is 1.06 bits per heavy atom. The molecule has 35 heavy (non-hydrogen) atoms. The van der Waals surface area contributed by atoms with Gasteiger partial charge in [0, 0.05) is 36.2 Å². The summed E-state index contributed by atoms with van der Waals surface area (Å²) in [6, 6.07) is 13.4. The molecule has 0 amide bonds. The molecule has 0 spiro atoms. The highest BCUT2D eigenvalue weighted by atomic mass is 16.5. The van der Waals surface area contributed by atoms with Crippen LogP contribution < -0.4 is 4.74 Å². The maximum atomic E-state index is 12.4. The van der Waals surface area contributed by atoms with Crippen molar-refractivity contribution in [1.82, 2.24) is 15.0 Å². The summed E-state index contributed by atoms with van der Waals surface area (Å²) in [6.07, 6.45) is 3.39. The van der Waals surface area contributed by atoms with Gasteiger partial charge in [0.1, 0.15) is 29.6 Å². The molecule has 0 atom stereocenters. The van der Waals surface area contributed by atoms with Crippen LogP contribution in [-0.4, -0.2) is 47.6 Å². The van der Waals surface area contributed by atoms with Crippen molar-refractivity contribution in [3.05, 3.63) is 76.9 Å². The summed E-state index contributed by atoms with van der Waals surface area (Å²) in [6.45, 7) is 11.0. The molecule has 0 N–H and O–H groups in total. The van der Waals surface area contributed by atoms with Crippen molar-refractivity contribution in [2.45, 2.75) is 52.4 Å². The molecule has 0 saturated heterocycles. The lowest BCUT2D eigenvalue weighted by Crippen LogP contribution is -2.24. The summed E-state index contributed by atoms with van der Waals surface area (Å²) >= 11 is 0. The molecule has 0 aliphatic heterocycles.